The Labute approximate surface area is 103 Å². The first-order chi connectivity index (χ1) is 8.09. The Balaban J connectivity index is 2.10. The van der Waals surface area contributed by atoms with Crippen molar-refractivity contribution in [2.24, 2.45) is 17.1 Å². The molecule has 1 saturated heterocycles. The Morgan fingerprint density at radius 3 is 2.65 bits per heavy atom. The predicted molar refractivity (Wildman–Crippen MR) is 66.3 cm³/mol. The third kappa shape index (κ3) is 2.33. The number of rotatable bonds is 2. The average Bonchev–Trinajstić information content (AvgIpc) is 2.67. The Kier molecular flexibility index (Phi) is 3.73. The lowest BCUT2D eigenvalue weighted by Crippen LogP contribution is -2.42. The van der Waals surface area contributed by atoms with Gasteiger partial charge < -0.3 is 15.7 Å². The maximum atomic E-state index is 12.0. The number of carbonyl (C=O) groups is 1. The van der Waals surface area contributed by atoms with Crippen molar-refractivity contribution in [2.75, 3.05) is 19.7 Å². The summed E-state index contributed by atoms with van der Waals surface area (Å²) in [5.74, 6) is 0.288. The molecule has 2 aliphatic rings. The van der Waals surface area contributed by atoms with Crippen molar-refractivity contribution in [3.8, 4) is 0 Å². The molecule has 0 aromatic carbocycles. The number of hydrogen-bond donors (Lipinski definition) is 2. The first-order valence-corrected chi connectivity index (χ1v) is 6.74. The van der Waals surface area contributed by atoms with E-state index in [1.165, 1.54) is 19.3 Å². The van der Waals surface area contributed by atoms with Gasteiger partial charge in [0.05, 0.1) is 6.04 Å². The summed E-state index contributed by atoms with van der Waals surface area (Å²) in [6.07, 6.45) is 6.07. The Bertz CT molecular complexity index is 285. The van der Waals surface area contributed by atoms with Gasteiger partial charge in [-0.3, -0.25) is 4.79 Å². The van der Waals surface area contributed by atoms with Crippen LogP contribution in [0.4, 0.5) is 0 Å². The summed E-state index contributed by atoms with van der Waals surface area (Å²) >= 11 is 0. The number of carbonyl (C=O) groups excluding carboxylic acids is 1. The first kappa shape index (κ1) is 12.8. The van der Waals surface area contributed by atoms with Crippen LogP contribution in [0.1, 0.15) is 39.0 Å². The summed E-state index contributed by atoms with van der Waals surface area (Å²) < 4.78 is 0. The largest absolute Gasteiger partial charge is 0.396 e. The summed E-state index contributed by atoms with van der Waals surface area (Å²) in [5.41, 5.74) is 5.85. The third-order valence-corrected chi connectivity index (χ3v) is 4.58. The lowest BCUT2D eigenvalue weighted by atomic mass is 9.68. The monoisotopic (exact) mass is 240 g/mol. The third-order valence-electron chi connectivity index (χ3n) is 4.58. The molecule has 98 valence electrons. The van der Waals surface area contributed by atoms with Crippen LogP contribution in [0, 0.1) is 11.3 Å². The second kappa shape index (κ2) is 4.94. The Morgan fingerprint density at radius 2 is 2.12 bits per heavy atom. The average molecular weight is 240 g/mol. The van der Waals surface area contributed by atoms with Gasteiger partial charge in [-0.1, -0.05) is 19.3 Å². The summed E-state index contributed by atoms with van der Waals surface area (Å²) in [6.45, 7) is 3.43. The number of aliphatic hydroxyl groups excluding tert-OH is 1. The number of amides is 1. The number of nitrogens with zero attached hydrogens (tertiary/aromatic N) is 1. The molecule has 1 aliphatic heterocycles. The normalized spacial score (nSPS) is 29.6. The molecule has 0 aromatic rings. The Hall–Kier alpha value is -0.610. The van der Waals surface area contributed by atoms with Crippen LogP contribution in [-0.2, 0) is 4.79 Å². The standard InChI is InChI=1S/C13H24N2O2/c1-10(14)12(17)15-7-11(8-16)13(9-15)5-3-2-4-6-13/h10-11,16H,2-9,14H2,1H3. The van der Waals surface area contributed by atoms with Gasteiger partial charge in [0.1, 0.15) is 0 Å². The van der Waals surface area contributed by atoms with Gasteiger partial charge in [-0.2, -0.15) is 0 Å². The van der Waals surface area contributed by atoms with Crippen LogP contribution in [0.2, 0.25) is 0 Å². The van der Waals surface area contributed by atoms with E-state index in [1.54, 1.807) is 6.92 Å². The summed E-state index contributed by atoms with van der Waals surface area (Å²) in [7, 11) is 0. The topological polar surface area (TPSA) is 66.6 Å². The van der Waals surface area contributed by atoms with E-state index in [1.807, 2.05) is 4.90 Å². The lowest BCUT2D eigenvalue weighted by molar-refractivity contribution is -0.131. The Morgan fingerprint density at radius 1 is 1.47 bits per heavy atom. The molecule has 2 fully saturated rings. The highest BCUT2D eigenvalue weighted by atomic mass is 16.3. The SMILES string of the molecule is CC(N)C(=O)N1CC(CO)C2(CCCCC2)C1. The van der Waals surface area contributed by atoms with Crippen LogP contribution in [0.3, 0.4) is 0 Å². The fourth-order valence-electron chi connectivity index (χ4n) is 3.56. The number of nitrogens with two attached hydrogens (primary N) is 1. The molecule has 2 unspecified atom stereocenters. The summed E-state index contributed by atoms with van der Waals surface area (Å²) in [5, 5.41) is 9.55. The van der Waals surface area contributed by atoms with Crippen LogP contribution >= 0.6 is 0 Å². The molecule has 1 amide bonds. The number of hydrogen-bond acceptors (Lipinski definition) is 3. The fraction of sp³-hybridized carbons (Fsp3) is 0.923. The van der Waals surface area contributed by atoms with Gasteiger partial charge >= 0.3 is 0 Å². The maximum absolute atomic E-state index is 12.0. The molecule has 4 nitrogen and oxygen atoms in total. The van der Waals surface area contributed by atoms with E-state index in [2.05, 4.69) is 0 Å². The van der Waals surface area contributed by atoms with Gasteiger partial charge in [-0.05, 0) is 25.2 Å². The zero-order valence-electron chi connectivity index (χ0n) is 10.7. The van der Waals surface area contributed by atoms with Crippen molar-refractivity contribution in [1.29, 1.82) is 0 Å². The summed E-state index contributed by atoms with van der Waals surface area (Å²) in [4.78, 5) is 13.8. The summed E-state index contributed by atoms with van der Waals surface area (Å²) in [6, 6.07) is -0.423. The minimum atomic E-state index is -0.423. The molecular weight excluding hydrogens is 216 g/mol. The van der Waals surface area contributed by atoms with E-state index >= 15 is 0 Å². The van der Waals surface area contributed by atoms with Crippen LogP contribution < -0.4 is 5.73 Å². The molecule has 4 heteroatoms. The van der Waals surface area contributed by atoms with Gasteiger partial charge in [0.2, 0.25) is 5.91 Å². The number of aliphatic hydroxyl groups is 1. The van der Waals surface area contributed by atoms with Crippen molar-refractivity contribution in [3.05, 3.63) is 0 Å². The molecule has 17 heavy (non-hydrogen) atoms. The van der Waals surface area contributed by atoms with Crippen LogP contribution in [0.25, 0.3) is 0 Å². The van der Waals surface area contributed by atoms with E-state index in [9.17, 15) is 9.90 Å². The quantitative estimate of drug-likeness (QED) is 0.748. The van der Waals surface area contributed by atoms with Crippen molar-refractivity contribution in [3.63, 3.8) is 0 Å². The van der Waals surface area contributed by atoms with E-state index in [0.717, 1.165) is 19.4 Å². The minimum absolute atomic E-state index is 0.0332. The van der Waals surface area contributed by atoms with Gasteiger partial charge in [-0.15, -0.1) is 0 Å². The molecule has 2 rings (SSSR count). The molecule has 0 bridgehead atoms. The van der Waals surface area contributed by atoms with Crippen LogP contribution in [0.5, 0.6) is 0 Å². The fourth-order valence-corrected chi connectivity index (χ4v) is 3.56. The van der Waals surface area contributed by atoms with Gasteiger partial charge in [0.25, 0.3) is 0 Å². The van der Waals surface area contributed by atoms with E-state index < -0.39 is 6.04 Å². The molecule has 1 spiro atoms. The van der Waals surface area contributed by atoms with Gasteiger partial charge in [0.15, 0.2) is 0 Å². The van der Waals surface area contributed by atoms with Gasteiger partial charge in [0, 0.05) is 25.6 Å². The van der Waals surface area contributed by atoms with Crippen LogP contribution in [0.15, 0.2) is 0 Å². The lowest BCUT2D eigenvalue weighted by Gasteiger charge is -2.37. The van der Waals surface area contributed by atoms with Crippen molar-refractivity contribution < 1.29 is 9.90 Å². The highest BCUT2D eigenvalue weighted by Crippen LogP contribution is 2.47. The molecule has 3 N–H and O–H groups in total. The van der Waals surface area contributed by atoms with E-state index in [0.29, 0.717) is 6.54 Å². The highest BCUT2D eigenvalue weighted by Gasteiger charge is 2.47. The number of likely N-dealkylation sites (tertiary alicyclic amines) is 1. The van der Waals surface area contributed by atoms with E-state index in [-0.39, 0.29) is 23.8 Å². The zero-order chi connectivity index (χ0) is 12.5. The molecule has 1 heterocycles. The maximum Gasteiger partial charge on any atom is 0.239 e. The molecular formula is C13H24N2O2. The molecule has 1 saturated carbocycles. The van der Waals surface area contributed by atoms with Crippen LogP contribution in [-0.4, -0.2) is 41.7 Å². The predicted octanol–water partition coefficient (Wildman–Crippen LogP) is 0.735. The second-order valence-corrected chi connectivity index (χ2v) is 5.81. The van der Waals surface area contributed by atoms with E-state index in [4.69, 9.17) is 5.73 Å². The molecule has 0 radical (unpaired) electrons. The van der Waals surface area contributed by atoms with Crippen molar-refractivity contribution in [1.82, 2.24) is 4.90 Å². The minimum Gasteiger partial charge on any atom is -0.396 e. The molecule has 2 atom stereocenters. The molecule has 1 aliphatic carbocycles. The zero-order valence-corrected chi connectivity index (χ0v) is 10.7. The highest BCUT2D eigenvalue weighted by molar-refractivity contribution is 5.81. The van der Waals surface area contributed by atoms with Crippen molar-refractivity contribution >= 4 is 5.91 Å². The smallest absolute Gasteiger partial charge is 0.239 e. The molecule has 0 aromatic heterocycles. The van der Waals surface area contributed by atoms with Crippen molar-refractivity contribution in [2.45, 2.75) is 45.1 Å². The second-order valence-electron chi connectivity index (χ2n) is 5.81. The van der Waals surface area contributed by atoms with Gasteiger partial charge in [-0.25, -0.2) is 0 Å². The first-order valence-electron chi connectivity index (χ1n) is 6.74.